The molecule has 138 valence electrons. The van der Waals surface area contributed by atoms with Crippen LogP contribution in [0.2, 0.25) is 0 Å². The number of ether oxygens (including phenoxy) is 2. The Bertz CT molecular complexity index is 933. The van der Waals surface area contributed by atoms with Crippen molar-refractivity contribution in [3.8, 4) is 11.5 Å². The van der Waals surface area contributed by atoms with Crippen LogP contribution < -0.4 is 9.47 Å². The van der Waals surface area contributed by atoms with Gasteiger partial charge in [-0.1, -0.05) is 35.4 Å². The molecule has 0 heterocycles. The maximum Gasteiger partial charge on any atom is 0.343 e. The molecule has 0 aromatic heterocycles. The number of aryl methyl sites for hydroxylation is 2. The molecule has 1 aliphatic carbocycles. The van der Waals surface area contributed by atoms with Crippen molar-refractivity contribution in [2.45, 2.75) is 33.6 Å². The van der Waals surface area contributed by atoms with Crippen LogP contribution in [0.3, 0.4) is 0 Å². The number of benzene rings is 2. The van der Waals surface area contributed by atoms with Gasteiger partial charge in [-0.25, -0.2) is 9.59 Å². The van der Waals surface area contributed by atoms with Crippen LogP contribution in [-0.2, 0) is 4.79 Å². The standard InChI is InChI=1S/C23H22O4/c1-15-4-8-18(9-5-15)22(24)26-20-12-13-21(17(3)14-20)27-23(25)19-10-6-16(2)7-11-19/h4,6-8,10-14H,5,9H2,1-3H3. The number of carbonyl (C=O) groups is 2. The van der Waals surface area contributed by atoms with Crippen molar-refractivity contribution in [1.29, 1.82) is 0 Å². The molecule has 2 aromatic carbocycles. The molecule has 0 aliphatic heterocycles. The van der Waals surface area contributed by atoms with Crippen LogP contribution in [-0.4, -0.2) is 11.9 Å². The highest BCUT2D eigenvalue weighted by Crippen LogP contribution is 2.26. The van der Waals surface area contributed by atoms with Crippen molar-refractivity contribution in [2.75, 3.05) is 0 Å². The molecule has 0 atom stereocenters. The Morgan fingerprint density at radius 1 is 0.815 bits per heavy atom. The minimum Gasteiger partial charge on any atom is -0.423 e. The Morgan fingerprint density at radius 2 is 1.56 bits per heavy atom. The number of allylic oxidation sites excluding steroid dienone is 3. The molecule has 27 heavy (non-hydrogen) atoms. The highest BCUT2D eigenvalue weighted by molar-refractivity contribution is 5.92. The monoisotopic (exact) mass is 362 g/mol. The molecule has 0 bridgehead atoms. The molecule has 2 aromatic rings. The minimum atomic E-state index is -0.419. The van der Waals surface area contributed by atoms with E-state index in [4.69, 9.17) is 9.47 Å². The summed E-state index contributed by atoms with van der Waals surface area (Å²) >= 11 is 0. The van der Waals surface area contributed by atoms with E-state index in [2.05, 4.69) is 0 Å². The van der Waals surface area contributed by atoms with Gasteiger partial charge in [0.25, 0.3) is 0 Å². The molecule has 1 aliphatic rings. The van der Waals surface area contributed by atoms with Crippen LogP contribution in [0.1, 0.15) is 41.3 Å². The van der Waals surface area contributed by atoms with Crippen molar-refractivity contribution in [1.82, 2.24) is 0 Å². The molecule has 0 saturated carbocycles. The van der Waals surface area contributed by atoms with E-state index >= 15 is 0 Å². The van der Waals surface area contributed by atoms with Gasteiger partial charge in [0.05, 0.1) is 5.56 Å². The fourth-order valence-electron chi connectivity index (χ4n) is 2.73. The number of hydrogen-bond acceptors (Lipinski definition) is 4. The van der Waals surface area contributed by atoms with Crippen LogP contribution in [0.5, 0.6) is 11.5 Å². The summed E-state index contributed by atoms with van der Waals surface area (Å²) in [4.78, 5) is 24.5. The van der Waals surface area contributed by atoms with Gasteiger partial charge in [0.15, 0.2) is 0 Å². The second-order valence-corrected chi connectivity index (χ2v) is 6.78. The molecule has 0 saturated heterocycles. The highest BCUT2D eigenvalue weighted by atomic mass is 16.5. The first-order chi connectivity index (χ1) is 12.9. The fourth-order valence-corrected chi connectivity index (χ4v) is 2.73. The second kappa shape index (κ2) is 8.04. The maximum atomic E-state index is 12.3. The van der Waals surface area contributed by atoms with Crippen LogP contribution in [0.4, 0.5) is 0 Å². The lowest BCUT2D eigenvalue weighted by Crippen LogP contribution is -2.13. The smallest absolute Gasteiger partial charge is 0.343 e. The van der Waals surface area contributed by atoms with E-state index in [1.165, 1.54) is 5.57 Å². The third-order valence-corrected chi connectivity index (χ3v) is 4.47. The molecule has 4 nitrogen and oxygen atoms in total. The number of hydrogen-bond donors (Lipinski definition) is 0. The van der Waals surface area contributed by atoms with Crippen molar-refractivity contribution in [3.05, 3.63) is 82.5 Å². The third-order valence-electron chi connectivity index (χ3n) is 4.47. The largest absolute Gasteiger partial charge is 0.423 e. The lowest BCUT2D eigenvalue weighted by molar-refractivity contribution is -0.130. The second-order valence-electron chi connectivity index (χ2n) is 6.78. The van der Waals surface area contributed by atoms with Crippen molar-refractivity contribution >= 4 is 11.9 Å². The first-order valence-corrected chi connectivity index (χ1v) is 8.90. The van der Waals surface area contributed by atoms with Crippen LogP contribution in [0, 0.1) is 13.8 Å². The molecular weight excluding hydrogens is 340 g/mol. The Morgan fingerprint density at radius 3 is 2.19 bits per heavy atom. The van der Waals surface area contributed by atoms with E-state index in [9.17, 15) is 9.59 Å². The zero-order chi connectivity index (χ0) is 19.4. The van der Waals surface area contributed by atoms with Crippen LogP contribution >= 0.6 is 0 Å². The van der Waals surface area contributed by atoms with E-state index in [1.54, 1.807) is 37.3 Å². The van der Waals surface area contributed by atoms with E-state index in [-0.39, 0.29) is 5.97 Å². The minimum absolute atomic E-state index is 0.345. The third kappa shape index (κ3) is 4.73. The Kier molecular flexibility index (Phi) is 5.55. The molecule has 4 heteroatoms. The van der Waals surface area contributed by atoms with Gasteiger partial charge >= 0.3 is 11.9 Å². The summed E-state index contributed by atoms with van der Waals surface area (Å²) < 4.78 is 10.9. The predicted molar refractivity (Wildman–Crippen MR) is 104 cm³/mol. The van der Waals surface area contributed by atoms with E-state index in [0.29, 0.717) is 34.6 Å². The molecule has 0 fully saturated rings. The number of esters is 2. The van der Waals surface area contributed by atoms with Gasteiger partial charge in [-0.3, -0.25) is 0 Å². The molecule has 0 amide bonds. The lowest BCUT2D eigenvalue weighted by Gasteiger charge is -2.13. The first-order valence-electron chi connectivity index (χ1n) is 8.90. The van der Waals surface area contributed by atoms with Crippen LogP contribution in [0.15, 0.2) is 65.8 Å². The molecule has 0 unspecified atom stereocenters. The summed E-state index contributed by atoms with van der Waals surface area (Å²) in [7, 11) is 0. The number of rotatable bonds is 4. The Balaban J connectivity index is 1.67. The molecule has 0 N–H and O–H groups in total. The van der Waals surface area contributed by atoms with Gasteiger partial charge < -0.3 is 9.47 Å². The van der Waals surface area contributed by atoms with E-state index in [0.717, 1.165) is 12.0 Å². The summed E-state index contributed by atoms with van der Waals surface area (Å²) in [6, 6.07) is 12.2. The topological polar surface area (TPSA) is 52.6 Å². The van der Waals surface area contributed by atoms with Gasteiger partial charge in [0.1, 0.15) is 11.5 Å². The van der Waals surface area contributed by atoms with Crippen molar-refractivity contribution < 1.29 is 19.1 Å². The van der Waals surface area contributed by atoms with E-state index in [1.807, 2.05) is 38.1 Å². The van der Waals surface area contributed by atoms with Crippen molar-refractivity contribution in [3.63, 3.8) is 0 Å². The molecule has 0 radical (unpaired) electrons. The first kappa shape index (κ1) is 18.6. The SMILES string of the molecule is CC1=CC=C(C(=O)Oc2ccc(OC(=O)c3ccc(C)cc3)c(C)c2)CC1. The van der Waals surface area contributed by atoms with Crippen LogP contribution in [0.25, 0.3) is 0 Å². The van der Waals surface area contributed by atoms with Gasteiger partial charge in [0, 0.05) is 5.57 Å². The fraction of sp³-hybridized carbons (Fsp3) is 0.217. The van der Waals surface area contributed by atoms with Crippen molar-refractivity contribution in [2.24, 2.45) is 0 Å². The molecule has 0 spiro atoms. The highest BCUT2D eigenvalue weighted by Gasteiger charge is 2.16. The summed E-state index contributed by atoms with van der Waals surface area (Å²) in [6.45, 7) is 5.81. The summed E-state index contributed by atoms with van der Waals surface area (Å²) in [6.07, 6.45) is 5.31. The summed E-state index contributed by atoms with van der Waals surface area (Å²) in [5.74, 6) is 0.107. The van der Waals surface area contributed by atoms with E-state index < -0.39 is 5.97 Å². The molecular formula is C23H22O4. The Hall–Kier alpha value is -3.14. The lowest BCUT2D eigenvalue weighted by atomic mass is 10.00. The van der Waals surface area contributed by atoms with Gasteiger partial charge in [0.2, 0.25) is 0 Å². The summed E-state index contributed by atoms with van der Waals surface area (Å²) in [5, 5.41) is 0. The zero-order valence-electron chi connectivity index (χ0n) is 15.7. The average Bonchev–Trinajstić information content (AvgIpc) is 2.65. The average molecular weight is 362 g/mol. The quantitative estimate of drug-likeness (QED) is 0.561. The normalized spacial score (nSPS) is 13.4. The maximum absolute atomic E-state index is 12.3. The van der Waals surface area contributed by atoms with Gasteiger partial charge in [-0.15, -0.1) is 0 Å². The predicted octanol–water partition coefficient (Wildman–Crippen LogP) is 5.09. The number of carbonyl (C=O) groups excluding carboxylic acids is 2. The molecule has 3 rings (SSSR count). The zero-order valence-corrected chi connectivity index (χ0v) is 15.7. The Labute approximate surface area is 159 Å². The van der Waals surface area contributed by atoms with Gasteiger partial charge in [-0.05, 0) is 69.5 Å². The van der Waals surface area contributed by atoms with Gasteiger partial charge in [-0.2, -0.15) is 0 Å². The summed E-state index contributed by atoms with van der Waals surface area (Å²) in [5.41, 5.74) is 4.19.